The van der Waals surface area contributed by atoms with Crippen molar-refractivity contribution >= 4 is 23.5 Å². The van der Waals surface area contributed by atoms with Crippen LogP contribution in [0.15, 0.2) is 18.5 Å². The second-order valence-electron chi connectivity index (χ2n) is 5.12. The molecule has 5 nitrogen and oxygen atoms in total. The number of hydrogen-bond donors (Lipinski definition) is 1. The van der Waals surface area contributed by atoms with E-state index in [9.17, 15) is 14.7 Å². The van der Waals surface area contributed by atoms with Gasteiger partial charge in [-0.1, -0.05) is 18.5 Å². The van der Waals surface area contributed by atoms with Crippen LogP contribution in [0.1, 0.15) is 36.5 Å². The van der Waals surface area contributed by atoms with Crippen molar-refractivity contribution in [2.24, 2.45) is 5.41 Å². The fourth-order valence-electron chi connectivity index (χ4n) is 2.62. The predicted molar refractivity (Wildman–Crippen MR) is 74.7 cm³/mol. The van der Waals surface area contributed by atoms with Crippen LogP contribution in [-0.4, -0.2) is 40.0 Å². The van der Waals surface area contributed by atoms with E-state index in [0.717, 1.165) is 0 Å². The van der Waals surface area contributed by atoms with Gasteiger partial charge in [0, 0.05) is 25.5 Å². The summed E-state index contributed by atoms with van der Waals surface area (Å²) in [6, 6.07) is 1.56. The van der Waals surface area contributed by atoms with E-state index in [1.165, 1.54) is 12.4 Å². The molecule has 1 N–H and O–H groups in total. The first-order valence-electron chi connectivity index (χ1n) is 6.62. The number of nitrogens with zero attached hydrogens (tertiary/aromatic N) is 2. The average Bonchev–Trinajstić information content (AvgIpc) is 2.47. The van der Waals surface area contributed by atoms with Gasteiger partial charge in [-0.25, -0.2) is 0 Å². The number of carbonyl (C=O) groups is 2. The van der Waals surface area contributed by atoms with Crippen LogP contribution in [-0.2, 0) is 4.79 Å². The van der Waals surface area contributed by atoms with E-state index in [1.807, 2.05) is 6.92 Å². The van der Waals surface area contributed by atoms with Gasteiger partial charge in [0.2, 0.25) is 0 Å². The first-order valence-corrected chi connectivity index (χ1v) is 7.00. The third-order valence-corrected chi connectivity index (χ3v) is 4.32. The van der Waals surface area contributed by atoms with Crippen LogP contribution in [0, 0.1) is 5.41 Å². The number of rotatable bonds is 3. The molecule has 0 aliphatic carbocycles. The molecule has 2 heterocycles. The van der Waals surface area contributed by atoms with Gasteiger partial charge in [-0.2, -0.15) is 0 Å². The maximum absolute atomic E-state index is 12.5. The summed E-state index contributed by atoms with van der Waals surface area (Å²) in [5.74, 6) is -1.09. The normalized spacial score (nSPS) is 22.6. The zero-order chi connectivity index (χ0) is 14.8. The highest BCUT2D eigenvalue weighted by molar-refractivity contribution is 6.33. The minimum Gasteiger partial charge on any atom is -0.481 e. The summed E-state index contributed by atoms with van der Waals surface area (Å²) in [5.41, 5.74) is -0.519. The number of carbonyl (C=O) groups excluding carboxylic acids is 1. The van der Waals surface area contributed by atoms with Crippen molar-refractivity contribution in [1.82, 2.24) is 9.88 Å². The Morgan fingerprint density at radius 2 is 2.30 bits per heavy atom. The molecule has 1 unspecified atom stereocenters. The van der Waals surface area contributed by atoms with Gasteiger partial charge < -0.3 is 10.0 Å². The summed E-state index contributed by atoms with van der Waals surface area (Å²) in [7, 11) is 0. The summed E-state index contributed by atoms with van der Waals surface area (Å²) in [6.45, 7) is 2.63. The fourth-order valence-corrected chi connectivity index (χ4v) is 2.81. The van der Waals surface area contributed by atoms with E-state index in [-0.39, 0.29) is 12.5 Å². The number of carboxylic acid groups (broad SMARTS) is 1. The first kappa shape index (κ1) is 14.8. The lowest BCUT2D eigenvalue weighted by atomic mass is 9.77. The SMILES string of the molecule is CCC1(C(=O)O)CCCN(C(=O)c2cnccc2Cl)C1. The number of aliphatic carboxylic acids is 1. The van der Waals surface area contributed by atoms with Crippen molar-refractivity contribution in [3.8, 4) is 0 Å². The molecule has 20 heavy (non-hydrogen) atoms. The third kappa shape index (κ3) is 2.63. The molecule has 1 aliphatic rings. The van der Waals surface area contributed by atoms with Crippen LogP contribution in [0.25, 0.3) is 0 Å². The highest BCUT2D eigenvalue weighted by Crippen LogP contribution is 2.34. The Morgan fingerprint density at radius 1 is 1.55 bits per heavy atom. The summed E-state index contributed by atoms with van der Waals surface area (Å²) in [4.78, 5) is 29.4. The van der Waals surface area contributed by atoms with Gasteiger partial charge in [0.25, 0.3) is 5.91 Å². The van der Waals surface area contributed by atoms with Gasteiger partial charge in [0.05, 0.1) is 16.0 Å². The zero-order valence-corrected chi connectivity index (χ0v) is 12.1. The highest BCUT2D eigenvalue weighted by atomic mass is 35.5. The van der Waals surface area contributed by atoms with Crippen LogP contribution in [0.4, 0.5) is 0 Å². The molecule has 2 rings (SSSR count). The average molecular weight is 297 g/mol. The Balaban J connectivity index is 2.23. The first-order chi connectivity index (χ1) is 9.50. The minimum atomic E-state index is -0.845. The standard InChI is InChI=1S/C14H17ClN2O3/c1-2-14(13(19)20)5-3-7-17(9-14)12(18)10-8-16-6-4-11(10)15/h4,6,8H,2-3,5,7,9H2,1H3,(H,19,20). The smallest absolute Gasteiger partial charge is 0.311 e. The van der Waals surface area contributed by atoms with Crippen LogP contribution < -0.4 is 0 Å². The van der Waals surface area contributed by atoms with Crippen molar-refractivity contribution < 1.29 is 14.7 Å². The van der Waals surface area contributed by atoms with Crippen molar-refractivity contribution in [1.29, 1.82) is 0 Å². The van der Waals surface area contributed by atoms with Gasteiger partial charge in [-0.15, -0.1) is 0 Å². The summed E-state index contributed by atoms with van der Waals surface area (Å²) in [6.07, 6.45) is 4.73. The number of carboxylic acids is 1. The second kappa shape index (κ2) is 5.79. The van der Waals surface area contributed by atoms with Crippen molar-refractivity contribution in [3.05, 3.63) is 29.0 Å². The number of aromatic nitrogens is 1. The van der Waals surface area contributed by atoms with E-state index in [2.05, 4.69) is 4.98 Å². The van der Waals surface area contributed by atoms with Crippen LogP contribution in [0.3, 0.4) is 0 Å². The van der Waals surface area contributed by atoms with E-state index < -0.39 is 11.4 Å². The lowest BCUT2D eigenvalue weighted by Gasteiger charge is -2.39. The fraction of sp³-hybridized carbons (Fsp3) is 0.500. The molecule has 108 valence electrons. The molecule has 1 aliphatic heterocycles. The number of hydrogen-bond acceptors (Lipinski definition) is 3. The monoisotopic (exact) mass is 296 g/mol. The Hall–Kier alpha value is -1.62. The summed E-state index contributed by atoms with van der Waals surface area (Å²) >= 11 is 6.00. The minimum absolute atomic E-state index is 0.225. The van der Waals surface area contributed by atoms with Crippen molar-refractivity contribution in [2.75, 3.05) is 13.1 Å². The molecule has 1 amide bonds. The van der Waals surface area contributed by atoms with Crippen LogP contribution >= 0.6 is 11.6 Å². The molecule has 0 aromatic carbocycles. The van der Waals surface area contributed by atoms with Crippen LogP contribution in [0.2, 0.25) is 5.02 Å². The molecule has 0 radical (unpaired) electrons. The number of halogens is 1. The topological polar surface area (TPSA) is 70.5 Å². The van der Waals surface area contributed by atoms with Gasteiger partial charge in [-0.05, 0) is 25.3 Å². The molecule has 1 aromatic rings. The molecular formula is C14H17ClN2O3. The van der Waals surface area contributed by atoms with Crippen molar-refractivity contribution in [3.63, 3.8) is 0 Å². The lowest BCUT2D eigenvalue weighted by Crippen LogP contribution is -2.49. The molecule has 1 saturated heterocycles. The largest absolute Gasteiger partial charge is 0.481 e. The molecular weight excluding hydrogens is 280 g/mol. The Labute approximate surface area is 122 Å². The number of likely N-dealkylation sites (tertiary alicyclic amines) is 1. The quantitative estimate of drug-likeness (QED) is 0.930. The second-order valence-corrected chi connectivity index (χ2v) is 5.53. The maximum atomic E-state index is 12.5. The van der Waals surface area contributed by atoms with Gasteiger partial charge in [0.15, 0.2) is 0 Å². The Morgan fingerprint density at radius 3 is 2.90 bits per heavy atom. The molecule has 1 fully saturated rings. The van der Waals surface area contributed by atoms with Gasteiger partial charge >= 0.3 is 5.97 Å². The number of piperidine rings is 1. The van der Waals surface area contributed by atoms with E-state index in [1.54, 1.807) is 11.0 Å². The highest BCUT2D eigenvalue weighted by Gasteiger charge is 2.42. The zero-order valence-electron chi connectivity index (χ0n) is 11.3. The molecule has 0 spiro atoms. The molecule has 1 atom stereocenters. The molecule has 1 aromatic heterocycles. The molecule has 6 heteroatoms. The van der Waals surface area contributed by atoms with Gasteiger partial charge in [-0.3, -0.25) is 14.6 Å². The number of pyridine rings is 1. The lowest BCUT2D eigenvalue weighted by molar-refractivity contribution is -0.152. The van der Waals surface area contributed by atoms with E-state index in [4.69, 9.17) is 11.6 Å². The summed E-state index contributed by atoms with van der Waals surface area (Å²) in [5, 5.41) is 9.78. The predicted octanol–water partition coefficient (Wildman–Crippen LogP) is 2.45. The van der Waals surface area contributed by atoms with Crippen molar-refractivity contribution in [2.45, 2.75) is 26.2 Å². The van der Waals surface area contributed by atoms with Crippen LogP contribution in [0.5, 0.6) is 0 Å². The number of amides is 1. The molecule has 0 bridgehead atoms. The third-order valence-electron chi connectivity index (χ3n) is 3.99. The maximum Gasteiger partial charge on any atom is 0.311 e. The Kier molecular flexibility index (Phi) is 4.28. The van der Waals surface area contributed by atoms with Gasteiger partial charge in [0.1, 0.15) is 0 Å². The van der Waals surface area contributed by atoms with E-state index in [0.29, 0.717) is 36.4 Å². The molecule has 0 saturated carbocycles. The van der Waals surface area contributed by atoms with E-state index >= 15 is 0 Å². The Bertz CT molecular complexity index is 535. The summed E-state index contributed by atoms with van der Waals surface area (Å²) < 4.78 is 0.